The maximum Gasteiger partial charge on any atom is 0.0852 e. The van der Waals surface area contributed by atoms with Crippen molar-refractivity contribution in [3.63, 3.8) is 0 Å². The number of aliphatic hydroxyl groups excluding tert-OH is 1. The molecule has 1 N–H and O–H groups in total. The van der Waals surface area contributed by atoms with Crippen molar-refractivity contribution in [3.05, 3.63) is 29.6 Å². The van der Waals surface area contributed by atoms with Crippen LogP contribution in [0.4, 0.5) is 0 Å². The highest BCUT2D eigenvalue weighted by molar-refractivity contribution is 5.17. The van der Waals surface area contributed by atoms with Gasteiger partial charge in [-0.15, -0.1) is 0 Å². The molecule has 14 heavy (non-hydrogen) atoms. The van der Waals surface area contributed by atoms with Gasteiger partial charge in [-0.05, 0) is 38.1 Å². The first kappa shape index (κ1) is 9.62. The van der Waals surface area contributed by atoms with Crippen LogP contribution in [-0.4, -0.2) is 28.1 Å². The molecule has 1 aliphatic heterocycles. The molecule has 1 saturated heterocycles. The summed E-state index contributed by atoms with van der Waals surface area (Å²) in [6, 6.07) is 4.41. The van der Waals surface area contributed by atoms with Crippen LogP contribution in [0, 0.1) is 0 Å². The van der Waals surface area contributed by atoms with Crippen LogP contribution < -0.4 is 0 Å². The molecule has 3 heteroatoms. The molecule has 2 rings (SSSR count). The molecule has 0 amide bonds. The van der Waals surface area contributed by atoms with Crippen LogP contribution in [0.15, 0.2) is 18.3 Å². The normalized spacial score (nSPS) is 19.0. The van der Waals surface area contributed by atoms with Crippen molar-refractivity contribution < 1.29 is 5.11 Å². The second-order valence-electron chi connectivity index (χ2n) is 3.81. The second-order valence-corrected chi connectivity index (χ2v) is 3.81. The summed E-state index contributed by atoms with van der Waals surface area (Å²) in [5.74, 6) is 0. The van der Waals surface area contributed by atoms with E-state index in [1.54, 1.807) is 0 Å². The summed E-state index contributed by atoms with van der Waals surface area (Å²) in [5, 5.41) is 8.86. The first-order valence-corrected chi connectivity index (χ1v) is 5.11. The molecule has 0 spiro atoms. The number of nitrogens with zero attached hydrogens (tertiary/aromatic N) is 2. The SMILES string of the molecule is CC(c1ccc(CO)nc1)N1CCC1. The Hall–Kier alpha value is -0.930. The van der Waals surface area contributed by atoms with Gasteiger partial charge in [0, 0.05) is 12.2 Å². The summed E-state index contributed by atoms with van der Waals surface area (Å²) in [6.45, 7) is 4.62. The van der Waals surface area contributed by atoms with Gasteiger partial charge >= 0.3 is 0 Å². The zero-order valence-electron chi connectivity index (χ0n) is 8.48. The smallest absolute Gasteiger partial charge is 0.0852 e. The first-order chi connectivity index (χ1) is 6.81. The first-order valence-electron chi connectivity index (χ1n) is 5.11. The lowest BCUT2D eigenvalue weighted by atomic mass is 10.1. The highest BCUT2D eigenvalue weighted by Crippen LogP contribution is 2.24. The molecule has 0 bridgehead atoms. The third-order valence-electron chi connectivity index (χ3n) is 2.93. The Balaban J connectivity index is 2.07. The third-order valence-corrected chi connectivity index (χ3v) is 2.93. The van der Waals surface area contributed by atoms with E-state index in [0.717, 1.165) is 5.69 Å². The Morgan fingerprint density at radius 2 is 2.29 bits per heavy atom. The van der Waals surface area contributed by atoms with Gasteiger partial charge in [-0.1, -0.05) is 6.07 Å². The average Bonchev–Trinajstić information content (AvgIpc) is 2.15. The number of likely N-dealkylation sites (tertiary alicyclic amines) is 1. The molecular weight excluding hydrogens is 176 g/mol. The Morgan fingerprint density at radius 1 is 1.50 bits per heavy atom. The lowest BCUT2D eigenvalue weighted by Gasteiger charge is -2.36. The lowest BCUT2D eigenvalue weighted by molar-refractivity contribution is 0.128. The number of aromatic nitrogens is 1. The highest BCUT2D eigenvalue weighted by Gasteiger charge is 2.21. The molecule has 0 saturated carbocycles. The second kappa shape index (κ2) is 4.07. The minimum Gasteiger partial charge on any atom is -0.390 e. The van der Waals surface area contributed by atoms with Crippen LogP contribution in [0.25, 0.3) is 0 Å². The van der Waals surface area contributed by atoms with E-state index in [0.29, 0.717) is 6.04 Å². The quantitative estimate of drug-likeness (QED) is 0.785. The fourth-order valence-corrected chi connectivity index (χ4v) is 1.72. The van der Waals surface area contributed by atoms with Crippen molar-refractivity contribution in [3.8, 4) is 0 Å². The van der Waals surface area contributed by atoms with Crippen molar-refractivity contribution >= 4 is 0 Å². The van der Waals surface area contributed by atoms with Crippen LogP contribution >= 0.6 is 0 Å². The van der Waals surface area contributed by atoms with Gasteiger partial charge in [0.1, 0.15) is 0 Å². The molecule has 0 radical (unpaired) electrons. The Bertz CT molecular complexity index is 293. The highest BCUT2D eigenvalue weighted by atomic mass is 16.3. The van der Waals surface area contributed by atoms with Gasteiger partial charge in [-0.25, -0.2) is 0 Å². The molecule has 0 aliphatic carbocycles. The molecule has 1 aliphatic rings. The summed E-state index contributed by atoms with van der Waals surface area (Å²) in [6.07, 6.45) is 3.18. The van der Waals surface area contributed by atoms with E-state index >= 15 is 0 Å². The van der Waals surface area contributed by atoms with Crippen LogP contribution in [0.5, 0.6) is 0 Å². The fourth-order valence-electron chi connectivity index (χ4n) is 1.72. The van der Waals surface area contributed by atoms with Crippen molar-refractivity contribution in [2.24, 2.45) is 0 Å². The van der Waals surface area contributed by atoms with Gasteiger partial charge in [-0.3, -0.25) is 9.88 Å². The molecule has 1 aromatic rings. The number of hydrogen-bond donors (Lipinski definition) is 1. The van der Waals surface area contributed by atoms with Crippen LogP contribution in [-0.2, 0) is 6.61 Å². The lowest BCUT2D eigenvalue weighted by Crippen LogP contribution is -2.39. The van der Waals surface area contributed by atoms with Gasteiger partial charge in [-0.2, -0.15) is 0 Å². The molecular formula is C11H16N2O. The molecule has 3 nitrogen and oxygen atoms in total. The predicted octanol–water partition coefficient (Wildman–Crippen LogP) is 1.34. The van der Waals surface area contributed by atoms with Gasteiger partial charge in [0.2, 0.25) is 0 Å². The Morgan fingerprint density at radius 3 is 2.71 bits per heavy atom. The van der Waals surface area contributed by atoms with Crippen molar-refractivity contribution in [2.75, 3.05) is 13.1 Å². The van der Waals surface area contributed by atoms with E-state index in [9.17, 15) is 0 Å². The topological polar surface area (TPSA) is 36.4 Å². The van der Waals surface area contributed by atoms with Gasteiger partial charge in [0.25, 0.3) is 0 Å². The van der Waals surface area contributed by atoms with Gasteiger partial charge in [0.15, 0.2) is 0 Å². The van der Waals surface area contributed by atoms with E-state index in [-0.39, 0.29) is 6.61 Å². The van der Waals surface area contributed by atoms with E-state index in [4.69, 9.17) is 5.11 Å². The molecule has 2 heterocycles. The summed E-state index contributed by atoms with van der Waals surface area (Å²) in [5.41, 5.74) is 1.98. The molecule has 1 atom stereocenters. The van der Waals surface area contributed by atoms with Gasteiger partial charge in [0.05, 0.1) is 12.3 Å². The number of aliphatic hydroxyl groups is 1. The monoisotopic (exact) mass is 192 g/mol. The van der Waals surface area contributed by atoms with E-state index in [1.807, 2.05) is 12.3 Å². The molecule has 1 fully saturated rings. The number of rotatable bonds is 3. The zero-order chi connectivity index (χ0) is 9.97. The van der Waals surface area contributed by atoms with Crippen LogP contribution in [0.2, 0.25) is 0 Å². The molecule has 1 unspecified atom stereocenters. The maximum atomic E-state index is 8.86. The third kappa shape index (κ3) is 1.79. The zero-order valence-corrected chi connectivity index (χ0v) is 8.48. The minimum atomic E-state index is 0.0262. The Kier molecular flexibility index (Phi) is 2.79. The van der Waals surface area contributed by atoms with Crippen LogP contribution in [0.3, 0.4) is 0 Å². The molecule has 76 valence electrons. The number of hydrogen-bond acceptors (Lipinski definition) is 3. The van der Waals surface area contributed by atoms with E-state index in [1.165, 1.54) is 25.1 Å². The molecule has 1 aromatic heterocycles. The van der Waals surface area contributed by atoms with E-state index < -0.39 is 0 Å². The van der Waals surface area contributed by atoms with Crippen LogP contribution in [0.1, 0.15) is 30.6 Å². The average molecular weight is 192 g/mol. The summed E-state index contributed by atoms with van der Waals surface area (Å²) >= 11 is 0. The summed E-state index contributed by atoms with van der Waals surface area (Å²) < 4.78 is 0. The number of pyridine rings is 1. The fraction of sp³-hybridized carbons (Fsp3) is 0.545. The largest absolute Gasteiger partial charge is 0.390 e. The van der Waals surface area contributed by atoms with Crippen molar-refractivity contribution in [1.29, 1.82) is 0 Å². The van der Waals surface area contributed by atoms with Gasteiger partial charge < -0.3 is 5.11 Å². The Labute approximate surface area is 84.4 Å². The summed E-state index contributed by atoms with van der Waals surface area (Å²) in [7, 11) is 0. The minimum absolute atomic E-state index is 0.0262. The summed E-state index contributed by atoms with van der Waals surface area (Å²) in [4.78, 5) is 6.61. The predicted molar refractivity (Wildman–Crippen MR) is 54.8 cm³/mol. The molecule has 0 aromatic carbocycles. The maximum absolute atomic E-state index is 8.86. The van der Waals surface area contributed by atoms with E-state index in [2.05, 4.69) is 22.9 Å². The van der Waals surface area contributed by atoms with Crippen molar-refractivity contribution in [2.45, 2.75) is 26.0 Å². The van der Waals surface area contributed by atoms with Crippen molar-refractivity contribution in [1.82, 2.24) is 9.88 Å². The standard InChI is InChI=1S/C11H16N2O/c1-9(13-5-2-6-13)10-3-4-11(8-14)12-7-10/h3-4,7,9,14H,2,5-6,8H2,1H3.